The molecule has 0 aliphatic rings. The normalized spacial score (nSPS) is 10.5. The number of methoxy groups -OCH3 is 2. The first-order chi connectivity index (χ1) is 9.15. The van der Waals surface area contributed by atoms with Crippen LogP contribution in [0.2, 0.25) is 5.15 Å². The van der Waals surface area contributed by atoms with Gasteiger partial charge in [-0.25, -0.2) is 15.0 Å². The van der Waals surface area contributed by atoms with E-state index in [1.54, 1.807) is 26.5 Å². The standard InChI is InChI=1S/C12H11ClIN3O2/c1-18-6-8-10(14)11(13)17-12(16-8)7-3-4-9(19-2)15-5-7/h3-5H,6H2,1-2H3. The van der Waals surface area contributed by atoms with Crippen molar-refractivity contribution in [2.75, 3.05) is 14.2 Å². The lowest BCUT2D eigenvalue weighted by Crippen LogP contribution is -2.02. The predicted molar refractivity (Wildman–Crippen MR) is 80.3 cm³/mol. The molecule has 0 bridgehead atoms. The number of hydrogen-bond donors (Lipinski definition) is 0. The number of nitrogens with zero attached hydrogens (tertiary/aromatic N) is 3. The zero-order valence-corrected chi connectivity index (χ0v) is 13.3. The smallest absolute Gasteiger partial charge is 0.212 e. The molecule has 0 atom stereocenters. The second-order valence-corrected chi connectivity index (χ2v) is 5.06. The van der Waals surface area contributed by atoms with E-state index in [0.29, 0.717) is 23.5 Å². The highest BCUT2D eigenvalue weighted by molar-refractivity contribution is 14.1. The highest BCUT2D eigenvalue weighted by Crippen LogP contribution is 2.24. The van der Waals surface area contributed by atoms with Gasteiger partial charge >= 0.3 is 0 Å². The van der Waals surface area contributed by atoms with Crippen LogP contribution in [0.15, 0.2) is 18.3 Å². The van der Waals surface area contributed by atoms with Crippen molar-refractivity contribution in [1.29, 1.82) is 0 Å². The first kappa shape index (κ1) is 14.4. The van der Waals surface area contributed by atoms with Gasteiger partial charge in [0.15, 0.2) is 5.82 Å². The van der Waals surface area contributed by atoms with Gasteiger partial charge in [-0.1, -0.05) is 11.6 Å². The second kappa shape index (κ2) is 6.44. The second-order valence-electron chi connectivity index (χ2n) is 3.62. The maximum absolute atomic E-state index is 6.10. The molecule has 2 aromatic heterocycles. The number of aromatic nitrogens is 3. The predicted octanol–water partition coefficient (Wildman–Crippen LogP) is 2.95. The van der Waals surface area contributed by atoms with E-state index < -0.39 is 0 Å². The van der Waals surface area contributed by atoms with Crippen LogP contribution in [0.5, 0.6) is 5.88 Å². The third kappa shape index (κ3) is 3.31. The first-order valence-electron chi connectivity index (χ1n) is 5.37. The lowest BCUT2D eigenvalue weighted by Gasteiger charge is -2.07. The summed E-state index contributed by atoms with van der Waals surface area (Å²) in [5.74, 6) is 1.06. The molecule has 7 heteroatoms. The van der Waals surface area contributed by atoms with Gasteiger partial charge in [-0.15, -0.1) is 0 Å². The summed E-state index contributed by atoms with van der Waals surface area (Å²) in [6, 6.07) is 3.58. The lowest BCUT2D eigenvalue weighted by molar-refractivity contribution is 0.181. The average Bonchev–Trinajstić information content (AvgIpc) is 2.44. The molecular weight excluding hydrogens is 381 g/mol. The van der Waals surface area contributed by atoms with Crippen LogP contribution in [0.1, 0.15) is 5.69 Å². The first-order valence-corrected chi connectivity index (χ1v) is 6.82. The maximum Gasteiger partial charge on any atom is 0.212 e. The van der Waals surface area contributed by atoms with Crippen molar-refractivity contribution < 1.29 is 9.47 Å². The fourth-order valence-electron chi connectivity index (χ4n) is 1.46. The quantitative estimate of drug-likeness (QED) is 0.592. The molecule has 0 aromatic carbocycles. The van der Waals surface area contributed by atoms with Crippen molar-refractivity contribution in [1.82, 2.24) is 15.0 Å². The van der Waals surface area contributed by atoms with E-state index in [-0.39, 0.29) is 0 Å². The molecule has 2 rings (SSSR count). The largest absolute Gasteiger partial charge is 0.481 e. The van der Waals surface area contributed by atoms with E-state index in [0.717, 1.165) is 14.8 Å². The van der Waals surface area contributed by atoms with Crippen LogP contribution < -0.4 is 4.74 Å². The van der Waals surface area contributed by atoms with E-state index in [1.165, 1.54) is 0 Å². The van der Waals surface area contributed by atoms with E-state index in [9.17, 15) is 0 Å². The Bertz CT molecular complexity index is 578. The molecule has 0 spiro atoms. The van der Waals surface area contributed by atoms with Crippen molar-refractivity contribution in [3.8, 4) is 17.3 Å². The molecule has 0 saturated carbocycles. The van der Waals surface area contributed by atoms with Gasteiger partial charge in [-0.3, -0.25) is 0 Å². The van der Waals surface area contributed by atoms with Gasteiger partial charge < -0.3 is 9.47 Å². The van der Waals surface area contributed by atoms with Gasteiger partial charge in [0.05, 0.1) is 23.0 Å². The van der Waals surface area contributed by atoms with Gasteiger partial charge in [0.1, 0.15) is 5.15 Å². The van der Waals surface area contributed by atoms with Gasteiger partial charge in [-0.05, 0) is 28.7 Å². The van der Waals surface area contributed by atoms with Crippen molar-refractivity contribution >= 4 is 34.2 Å². The minimum Gasteiger partial charge on any atom is -0.481 e. The van der Waals surface area contributed by atoms with Crippen molar-refractivity contribution in [3.63, 3.8) is 0 Å². The Kier molecular flexibility index (Phi) is 4.89. The molecule has 0 amide bonds. The van der Waals surface area contributed by atoms with Crippen LogP contribution in [-0.4, -0.2) is 29.2 Å². The Morgan fingerprint density at radius 2 is 2.05 bits per heavy atom. The summed E-state index contributed by atoms with van der Waals surface area (Å²) in [5, 5.41) is 0.411. The van der Waals surface area contributed by atoms with E-state index in [2.05, 4.69) is 37.5 Å². The molecule has 0 unspecified atom stereocenters. The highest BCUT2D eigenvalue weighted by Gasteiger charge is 2.12. The molecule has 100 valence electrons. The topological polar surface area (TPSA) is 57.1 Å². The van der Waals surface area contributed by atoms with Crippen molar-refractivity contribution in [2.24, 2.45) is 0 Å². The Morgan fingerprint density at radius 1 is 1.26 bits per heavy atom. The van der Waals surface area contributed by atoms with Crippen LogP contribution in [0, 0.1) is 3.57 Å². The molecule has 0 N–H and O–H groups in total. The number of rotatable bonds is 4. The summed E-state index contributed by atoms with van der Waals surface area (Å²) in [5.41, 5.74) is 1.53. The third-order valence-corrected chi connectivity index (χ3v) is 4.09. The van der Waals surface area contributed by atoms with Crippen LogP contribution in [0.3, 0.4) is 0 Å². The molecule has 0 radical (unpaired) electrons. The Labute approximate surface area is 129 Å². The molecule has 0 fully saturated rings. The number of pyridine rings is 1. The zero-order chi connectivity index (χ0) is 13.8. The van der Waals surface area contributed by atoms with Crippen LogP contribution in [-0.2, 0) is 11.3 Å². The van der Waals surface area contributed by atoms with Gasteiger partial charge in [0, 0.05) is 24.9 Å². The number of ether oxygens (including phenoxy) is 2. The maximum atomic E-state index is 6.10. The van der Waals surface area contributed by atoms with Gasteiger partial charge in [0.2, 0.25) is 5.88 Å². The van der Waals surface area contributed by atoms with E-state index in [4.69, 9.17) is 21.1 Å². The molecule has 2 heterocycles. The Hall–Kier alpha value is -0.990. The van der Waals surface area contributed by atoms with Crippen molar-refractivity contribution in [3.05, 3.63) is 32.7 Å². The SMILES string of the molecule is COCc1nc(-c2ccc(OC)nc2)nc(Cl)c1I. The van der Waals surface area contributed by atoms with Gasteiger partial charge in [-0.2, -0.15) is 0 Å². The minimum atomic E-state index is 0.386. The molecule has 0 aliphatic carbocycles. The molecule has 2 aromatic rings. The third-order valence-electron chi connectivity index (χ3n) is 2.36. The highest BCUT2D eigenvalue weighted by atomic mass is 127. The average molecular weight is 392 g/mol. The van der Waals surface area contributed by atoms with Crippen LogP contribution in [0.25, 0.3) is 11.4 Å². The van der Waals surface area contributed by atoms with Crippen LogP contribution in [0.4, 0.5) is 0 Å². The van der Waals surface area contributed by atoms with Gasteiger partial charge in [0.25, 0.3) is 0 Å². The summed E-state index contributed by atoms with van der Waals surface area (Å²) in [6.45, 7) is 0.386. The Balaban J connectivity index is 2.43. The molecule has 0 aliphatic heterocycles. The van der Waals surface area contributed by atoms with Crippen molar-refractivity contribution in [2.45, 2.75) is 6.61 Å². The summed E-state index contributed by atoms with van der Waals surface area (Å²) in [4.78, 5) is 12.8. The van der Waals surface area contributed by atoms with E-state index in [1.807, 2.05) is 6.07 Å². The monoisotopic (exact) mass is 391 g/mol. The number of hydrogen-bond acceptors (Lipinski definition) is 5. The fraction of sp³-hybridized carbons (Fsp3) is 0.250. The molecule has 19 heavy (non-hydrogen) atoms. The molecule has 5 nitrogen and oxygen atoms in total. The lowest BCUT2D eigenvalue weighted by atomic mass is 10.2. The summed E-state index contributed by atoms with van der Waals surface area (Å²) >= 11 is 8.21. The molecular formula is C12H11ClIN3O2. The summed E-state index contributed by atoms with van der Waals surface area (Å²) in [7, 11) is 3.18. The minimum absolute atomic E-state index is 0.386. The fourth-order valence-corrected chi connectivity index (χ4v) is 2.04. The number of halogens is 2. The summed E-state index contributed by atoms with van der Waals surface area (Å²) < 4.78 is 10.9. The van der Waals surface area contributed by atoms with E-state index >= 15 is 0 Å². The molecule has 0 saturated heterocycles. The summed E-state index contributed by atoms with van der Waals surface area (Å²) in [6.07, 6.45) is 1.65. The Morgan fingerprint density at radius 3 is 2.63 bits per heavy atom. The zero-order valence-electron chi connectivity index (χ0n) is 10.4. The van der Waals surface area contributed by atoms with Crippen LogP contribution >= 0.6 is 34.2 Å².